The van der Waals surface area contributed by atoms with Crippen molar-refractivity contribution in [3.05, 3.63) is 58.5 Å². The third kappa shape index (κ3) is 4.13. The van der Waals surface area contributed by atoms with Crippen LogP contribution in [0.25, 0.3) is 11.0 Å². The number of sulfonamides is 1. The standard InChI is InChI=1S/C20H22N4O5S/c1-13(25)14-6-5-7-16(10-14)24(30(4,28)29)12-19(26)21-15-8-9-17-18(11-15)23(3)20(27)22(17)2/h5-11H,12H2,1-4H3,(H,21,26). The predicted molar refractivity (Wildman–Crippen MR) is 115 cm³/mol. The lowest BCUT2D eigenvalue weighted by molar-refractivity contribution is -0.114. The van der Waals surface area contributed by atoms with Gasteiger partial charge in [-0.05, 0) is 37.3 Å². The molecule has 0 saturated carbocycles. The van der Waals surface area contributed by atoms with Gasteiger partial charge >= 0.3 is 5.69 Å². The van der Waals surface area contributed by atoms with Crippen molar-refractivity contribution in [1.29, 1.82) is 0 Å². The molecule has 0 saturated heterocycles. The van der Waals surface area contributed by atoms with Crippen LogP contribution in [0, 0.1) is 0 Å². The van der Waals surface area contributed by atoms with Gasteiger partial charge in [0.15, 0.2) is 5.78 Å². The molecule has 1 heterocycles. The minimum absolute atomic E-state index is 0.193. The summed E-state index contributed by atoms with van der Waals surface area (Å²) in [6, 6.07) is 11.1. The second-order valence-electron chi connectivity index (χ2n) is 7.03. The van der Waals surface area contributed by atoms with Crippen LogP contribution in [0.3, 0.4) is 0 Å². The van der Waals surface area contributed by atoms with E-state index < -0.39 is 22.5 Å². The molecule has 1 amide bonds. The summed E-state index contributed by atoms with van der Waals surface area (Å²) in [6.45, 7) is 0.912. The first kappa shape index (κ1) is 21.3. The van der Waals surface area contributed by atoms with Crippen LogP contribution in [0.1, 0.15) is 17.3 Å². The van der Waals surface area contributed by atoms with Crippen molar-refractivity contribution in [3.8, 4) is 0 Å². The molecule has 30 heavy (non-hydrogen) atoms. The number of hydrogen-bond donors (Lipinski definition) is 1. The molecule has 0 bridgehead atoms. The fourth-order valence-electron chi connectivity index (χ4n) is 3.20. The Bertz CT molecular complexity index is 1320. The number of ketones is 1. The lowest BCUT2D eigenvalue weighted by atomic mass is 10.1. The first-order chi connectivity index (χ1) is 14.0. The number of hydrogen-bond acceptors (Lipinski definition) is 5. The maximum Gasteiger partial charge on any atom is 0.328 e. The van der Waals surface area contributed by atoms with Gasteiger partial charge in [0.25, 0.3) is 0 Å². The quantitative estimate of drug-likeness (QED) is 0.596. The summed E-state index contributed by atoms with van der Waals surface area (Å²) in [5.41, 5.74) is 2.15. The highest BCUT2D eigenvalue weighted by Gasteiger charge is 2.22. The van der Waals surface area contributed by atoms with Crippen molar-refractivity contribution in [2.75, 3.05) is 22.4 Å². The van der Waals surface area contributed by atoms with Gasteiger partial charge in [0, 0.05) is 25.3 Å². The van der Waals surface area contributed by atoms with Crippen molar-refractivity contribution in [3.63, 3.8) is 0 Å². The second-order valence-corrected chi connectivity index (χ2v) is 8.94. The van der Waals surface area contributed by atoms with E-state index >= 15 is 0 Å². The van der Waals surface area contributed by atoms with Gasteiger partial charge < -0.3 is 5.32 Å². The van der Waals surface area contributed by atoms with Crippen LogP contribution in [0.2, 0.25) is 0 Å². The number of benzene rings is 2. The molecular formula is C20H22N4O5S. The van der Waals surface area contributed by atoms with Crippen LogP contribution in [-0.4, -0.2) is 42.0 Å². The third-order valence-corrected chi connectivity index (χ3v) is 5.92. The fourth-order valence-corrected chi connectivity index (χ4v) is 4.04. The topological polar surface area (TPSA) is 110 Å². The van der Waals surface area contributed by atoms with Crippen molar-refractivity contribution in [2.45, 2.75) is 6.92 Å². The molecular weight excluding hydrogens is 408 g/mol. The molecule has 1 aromatic heterocycles. The number of anilines is 2. The van der Waals surface area contributed by atoms with E-state index in [0.717, 1.165) is 10.6 Å². The molecule has 10 heteroatoms. The molecule has 3 rings (SSSR count). The zero-order valence-electron chi connectivity index (χ0n) is 17.0. The van der Waals surface area contributed by atoms with Crippen LogP contribution in [0.5, 0.6) is 0 Å². The molecule has 0 spiro atoms. The predicted octanol–water partition coefficient (Wildman–Crippen LogP) is 1.48. The fraction of sp³-hybridized carbons (Fsp3) is 0.250. The SMILES string of the molecule is CC(=O)c1cccc(N(CC(=O)Nc2ccc3c(c2)n(C)c(=O)n3C)S(C)(=O)=O)c1. The van der Waals surface area contributed by atoms with Crippen LogP contribution in [0.4, 0.5) is 11.4 Å². The average molecular weight is 430 g/mol. The van der Waals surface area contributed by atoms with Gasteiger partial charge in [-0.3, -0.25) is 23.0 Å². The van der Waals surface area contributed by atoms with Crippen molar-refractivity contribution >= 4 is 44.1 Å². The Morgan fingerprint density at radius 3 is 2.33 bits per heavy atom. The number of amides is 1. The number of imidazole rings is 1. The molecule has 3 aromatic rings. The molecule has 1 N–H and O–H groups in total. The Kier molecular flexibility index (Phi) is 5.53. The van der Waals surface area contributed by atoms with E-state index in [4.69, 9.17) is 0 Å². The number of Topliss-reactive ketones (excluding diaryl/α,β-unsaturated/α-hetero) is 1. The van der Waals surface area contributed by atoms with Gasteiger partial charge in [-0.1, -0.05) is 12.1 Å². The van der Waals surface area contributed by atoms with Crippen molar-refractivity contribution in [2.24, 2.45) is 14.1 Å². The number of nitrogens with one attached hydrogen (secondary N) is 1. The normalized spacial score (nSPS) is 11.5. The Morgan fingerprint density at radius 1 is 1.03 bits per heavy atom. The Balaban J connectivity index is 1.88. The summed E-state index contributed by atoms with van der Waals surface area (Å²) < 4.78 is 28.5. The summed E-state index contributed by atoms with van der Waals surface area (Å²) in [4.78, 5) is 36.3. The van der Waals surface area contributed by atoms with Gasteiger partial charge in [-0.15, -0.1) is 0 Å². The zero-order valence-corrected chi connectivity index (χ0v) is 17.9. The lowest BCUT2D eigenvalue weighted by Crippen LogP contribution is -2.37. The molecule has 158 valence electrons. The second kappa shape index (κ2) is 7.79. The Hall–Kier alpha value is -3.40. The van der Waals surface area contributed by atoms with E-state index in [1.807, 2.05) is 0 Å². The minimum atomic E-state index is -3.78. The summed E-state index contributed by atoms with van der Waals surface area (Å²) in [7, 11) is -0.496. The first-order valence-corrected chi connectivity index (χ1v) is 10.9. The van der Waals surface area contributed by atoms with Gasteiger partial charge in [-0.2, -0.15) is 0 Å². The average Bonchev–Trinajstić information content (AvgIpc) is 2.89. The van der Waals surface area contributed by atoms with Crippen molar-refractivity contribution < 1.29 is 18.0 Å². The Morgan fingerprint density at radius 2 is 1.70 bits per heavy atom. The molecule has 0 aliphatic rings. The van der Waals surface area contributed by atoms with E-state index in [2.05, 4.69) is 5.32 Å². The number of aromatic nitrogens is 2. The Labute approximate surface area is 173 Å². The number of rotatable bonds is 6. The van der Waals surface area contributed by atoms with E-state index in [-0.39, 0.29) is 17.2 Å². The van der Waals surface area contributed by atoms with E-state index in [1.165, 1.54) is 28.2 Å². The molecule has 9 nitrogen and oxygen atoms in total. The summed E-state index contributed by atoms with van der Waals surface area (Å²) in [5, 5.41) is 2.66. The maximum atomic E-state index is 12.6. The maximum absolute atomic E-state index is 12.6. The summed E-state index contributed by atoms with van der Waals surface area (Å²) in [6.07, 6.45) is 0.993. The van der Waals surface area contributed by atoms with Gasteiger partial charge in [0.1, 0.15) is 6.54 Å². The molecule has 0 aliphatic heterocycles. The number of aryl methyl sites for hydroxylation is 2. The number of carbonyl (C=O) groups is 2. The third-order valence-electron chi connectivity index (χ3n) is 4.78. The summed E-state index contributed by atoms with van der Waals surface area (Å²) >= 11 is 0. The van der Waals surface area contributed by atoms with Crippen molar-refractivity contribution in [1.82, 2.24) is 9.13 Å². The highest BCUT2D eigenvalue weighted by Crippen LogP contribution is 2.21. The highest BCUT2D eigenvalue weighted by atomic mass is 32.2. The van der Waals surface area contributed by atoms with Gasteiger partial charge in [-0.25, -0.2) is 13.2 Å². The zero-order chi connectivity index (χ0) is 22.2. The van der Waals surface area contributed by atoms with Crippen LogP contribution in [-0.2, 0) is 28.9 Å². The number of nitrogens with zero attached hydrogens (tertiary/aromatic N) is 3. The number of fused-ring (bicyclic) bond motifs is 1. The van der Waals surface area contributed by atoms with E-state index in [0.29, 0.717) is 22.3 Å². The van der Waals surface area contributed by atoms with E-state index in [1.54, 1.807) is 44.4 Å². The molecule has 2 aromatic carbocycles. The van der Waals surface area contributed by atoms with Gasteiger partial charge in [0.05, 0.1) is 23.0 Å². The number of carbonyl (C=O) groups excluding carboxylic acids is 2. The van der Waals surface area contributed by atoms with Crippen LogP contribution < -0.4 is 15.3 Å². The highest BCUT2D eigenvalue weighted by molar-refractivity contribution is 7.92. The molecule has 0 atom stereocenters. The largest absolute Gasteiger partial charge is 0.328 e. The minimum Gasteiger partial charge on any atom is -0.324 e. The van der Waals surface area contributed by atoms with Gasteiger partial charge in [0.2, 0.25) is 15.9 Å². The molecule has 0 radical (unpaired) electrons. The monoisotopic (exact) mass is 430 g/mol. The van der Waals surface area contributed by atoms with E-state index in [9.17, 15) is 22.8 Å². The molecule has 0 unspecified atom stereocenters. The summed E-state index contributed by atoms with van der Waals surface area (Å²) in [5.74, 6) is -0.773. The first-order valence-electron chi connectivity index (χ1n) is 9.03. The van der Waals surface area contributed by atoms with Crippen LogP contribution >= 0.6 is 0 Å². The molecule has 0 fully saturated rings. The lowest BCUT2D eigenvalue weighted by Gasteiger charge is -2.22. The van der Waals surface area contributed by atoms with Crippen LogP contribution in [0.15, 0.2) is 47.3 Å². The molecule has 0 aliphatic carbocycles. The smallest absolute Gasteiger partial charge is 0.324 e.